The molecule has 168 valence electrons. The number of rotatable bonds is 9. The van der Waals surface area contributed by atoms with E-state index in [0.29, 0.717) is 36.0 Å². The van der Waals surface area contributed by atoms with Crippen LogP contribution in [0, 0.1) is 0 Å². The molecule has 0 atom stereocenters. The number of methoxy groups -OCH3 is 2. The largest absolute Gasteiger partial charge is 0.493 e. The number of anilines is 1. The summed E-state index contributed by atoms with van der Waals surface area (Å²) in [6.07, 6.45) is 0.169. The lowest BCUT2D eigenvalue weighted by molar-refractivity contribution is -0.129. The number of carbonyl (C=O) groups is 2. The van der Waals surface area contributed by atoms with Crippen LogP contribution in [0.5, 0.6) is 11.5 Å². The van der Waals surface area contributed by atoms with Gasteiger partial charge in [-0.05, 0) is 42.8 Å². The third-order valence-electron chi connectivity index (χ3n) is 4.94. The monoisotopic (exact) mass is 453 g/mol. The van der Waals surface area contributed by atoms with Crippen LogP contribution in [0.15, 0.2) is 47.8 Å². The van der Waals surface area contributed by atoms with E-state index >= 15 is 0 Å². The van der Waals surface area contributed by atoms with Gasteiger partial charge in [-0.2, -0.15) is 0 Å². The van der Waals surface area contributed by atoms with Crippen LogP contribution in [-0.2, 0) is 22.6 Å². The molecular formula is C24H27N3O4S. The van der Waals surface area contributed by atoms with Crippen molar-refractivity contribution < 1.29 is 19.1 Å². The molecule has 0 aliphatic carbocycles. The Morgan fingerprint density at radius 2 is 1.88 bits per heavy atom. The highest BCUT2D eigenvalue weighted by molar-refractivity contribution is 7.13. The first-order chi connectivity index (χ1) is 15.4. The second-order valence-corrected chi connectivity index (χ2v) is 8.03. The van der Waals surface area contributed by atoms with Crippen molar-refractivity contribution in [2.45, 2.75) is 26.8 Å². The molecule has 2 amide bonds. The van der Waals surface area contributed by atoms with E-state index in [2.05, 4.69) is 10.3 Å². The van der Waals surface area contributed by atoms with Gasteiger partial charge in [-0.3, -0.25) is 9.59 Å². The minimum Gasteiger partial charge on any atom is -0.493 e. The van der Waals surface area contributed by atoms with E-state index in [1.165, 1.54) is 11.3 Å². The lowest BCUT2D eigenvalue weighted by atomic mass is 10.1. The standard InChI is InChI=1S/C24H27N3O4S/c1-5-27(16(2)28)14-17-7-6-8-19(11-17)25-23(29)13-20-15-32-24(26-20)18-9-10-21(30-3)22(12-18)31-4/h6-12,15H,5,13-14H2,1-4H3,(H,25,29). The van der Waals surface area contributed by atoms with Gasteiger partial charge in [0.05, 0.1) is 26.3 Å². The molecule has 0 saturated heterocycles. The number of hydrogen-bond acceptors (Lipinski definition) is 6. The molecule has 0 saturated carbocycles. The molecule has 2 aromatic carbocycles. The van der Waals surface area contributed by atoms with Gasteiger partial charge in [0.15, 0.2) is 11.5 Å². The van der Waals surface area contributed by atoms with Crippen molar-refractivity contribution in [2.24, 2.45) is 0 Å². The molecule has 3 rings (SSSR count). The number of hydrogen-bond donors (Lipinski definition) is 1. The number of benzene rings is 2. The first-order valence-corrected chi connectivity index (χ1v) is 11.1. The van der Waals surface area contributed by atoms with Crippen LogP contribution in [0.3, 0.4) is 0 Å². The van der Waals surface area contributed by atoms with Gasteiger partial charge in [0.2, 0.25) is 11.8 Å². The van der Waals surface area contributed by atoms with Crippen molar-refractivity contribution in [3.05, 3.63) is 59.1 Å². The van der Waals surface area contributed by atoms with Gasteiger partial charge < -0.3 is 19.7 Å². The summed E-state index contributed by atoms with van der Waals surface area (Å²) >= 11 is 1.47. The minimum atomic E-state index is -0.148. The van der Waals surface area contributed by atoms with Crippen molar-refractivity contribution in [1.29, 1.82) is 0 Å². The van der Waals surface area contributed by atoms with Gasteiger partial charge >= 0.3 is 0 Å². The van der Waals surface area contributed by atoms with E-state index in [9.17, 15) is 9.59 Å². The Hall–Kier alpha value is -3.39. The van der Waals surface area contributed by atoms with E-state index in [-0.39, 0.29) is 18.2 Å². The van der Waals surface area contributed by atoms with Gasteiger partial charge in [-0.15, -0.1) is 11.3 Å². The summed E-state index contributed by atoms with van der Waals surface area (Å²) in [5.74, 6) is 1.16. The highest BCUT2D eigenvalue weighted by Gasteiger charge is 2.13. The quantitative estimate of drug-likeness (QED) is 0.520. The molecule has 0 spiro atoms. The molecule has 0 aliphatic rings. The number of nitrogens with zero attached hydrogens (tertiary/aromatic N) is 2. The molecule has 8 heteroatoms. The number of carbonyl (C=O) groups excluding carboxylic acids is 2. The van der Waals surface area contributed by atoms with Crippen LogP contribution < -0.4 is 14.8 Å². The number of ether oxygens (including phenoxy) is 2. The average molecular weight is 454 g/mol. The summed E-state index contributed by atoms with van der Waals surface area (Å²) in [5.41, 5.74) is 3.26. The van der Waals surface area contributed by atoms with Crippen LogP contribution in [0.4, 0.5) is 5.69 Å². The van der Waals surface area contributed by atoms with Gasteiger partial charge in [0.1, 0.15) is 5.01 Å². The maximum Gasteiger partial charge on any atom is 0.230 e. The summed E-state index contributed by atoms with van der Waals surface area (Å²) in [7, 11) is 3.19. The number of thiazole rings is 1. The van der Waals surface area contributed by atoms with E-state index < -0.39 is 0 Å². The van der Waals surface area contributed by atoms with Crippen LogP contribution in [0.1, 0.15) is 25.1 Å². The summed E-state index contributed by atoms with van der Waals surface area (Å²) in [6.45, 7) is 4.64. The molecule has 0 aliphatic heterocycles. The van der Waals surface area contributed by atoms with E-state index in [4.69, 9.17) is 9.47 Å². The molecule has 7 nitrogen and oxygen atoms in total. The zero-order valence-corrected chi connectivity index (χ0v) is 19.5. The van der Waals surface area contributed by atoms with Gasteiger partial charge in [-0.1, -0.05) is 12.1 Å². The molecule has 0 fully saturated rings. The van der Waals surface area contributed by atoms with Crippen molar-refractivity contribution in [2.75, 3.05) is 26.1 Å². The van der Waals surface area contributed by atoms with E-state index in [1.807, 2.05) is 54.8 Å². The summed E-state index contributed by atoms with van der Waals surface area (Å²) in [5, 5.41) is 5.61. The highest BCUT2D eigenvalue weighted by atomic mass is 32.1. The number of amides is 2. The SMILES string of the molecule is CCN(Cc1cccc(NC(=O)Cc2csc(-c3ccc(OC)c(OC)c3)n2)c1)C(C)=O. The molecule has 1 N–H and O–H groups in total. The normalized spacial score (nSPS) is 10.5. The smallest absolute Gasteiger partial charge is 0.230 e. The van der Waals surface area contributed by atoms with Crippen molar-refractivity contribution >= 4 is 28.8 Å². The molecule has 1 heterocycles. The van der Waals surface area contributed by atoms with Crippen LogP contribution in [0.25, 0.3) is 10.6 Å². The number of nitrogens with one attached hydrogen (secondary N) is 1. The maximum absolute atomic E-state index is 12.6. The van der Waals surface area contributed by atoms with E-state index in [0.717, 1.165) is 16.1 Å². The maximum atomic E-state index is 12.6. The molecule has 0 radical (unpaired) electrons. The van der Waals surface area contributed by atoms with Crippen LogP contribution in [-0.4, -0.2) is 42.5 Å². The van der Waals surface area contributed by atoms with Gasteiger partial charge in [0, 0.05) is 36.6 Å². The Morgan fingerprint density at radius 1 is 1.09 bits per heavy atom. The molecular weight excluding hydrogens is 426 g/mol. The first-order valence-electron chi connectivity index (χ1n) is 10.2. The third kappa shape index (κ3) is 5.85. The van der Waals surface area contributed by atoms with Gasteiger partial charge in [0.25, 0.3) is 0 Å². The van der Waals surface area contributed by atoms with Crippen molar-refractivity contribution in [1.82, 2.24) is 9.88 Å². The van der Waals surface area contributed by atoms with Crippen LogP contribution >= 0.6 is 11.3 Å². The lowest BCUT2D eigenvalue weighted by Gasteiger charge is -2.19. The Kier molecular flexibility index (Phi) is 7.83. The molecule has 32 heavy (non-hydrogen) atoms. The first kappa shape index (κ1) is 23.3. The summed E-state index contributed by atoms with van der Waals surface area (Å²) < 4.78 is 10.6. The van der Waals surface area contributed by atoms with Gasteiger partial charge in [-0.25, -0.2) is 4.98 Å². The predicted octanol–water partition coefficient (Wildman–Crippen LogP) is 4.38. The third-order valence-corrected chi connectivity index (χ3v) is 5.88. The second-order valence-electron chi connectivity index (χ2n) is 7.17. The van der Waals surface area contributed by atoms with Crippen molar-refractivity contribution in [3.8, 4) is 22.1 Å². The molecule has 0 bridgehead atoms. The minimum absolute atomic E-state index is 0.0238. The fraction of sp³-hybridized carbons (Fsp3) is 0.292. The zero-order valence-electron chi connectivity index (χ0n) is 18.7. The lowest BCUT2D eigenvalue weighted by Crippen LogP contribution is -2.27. The fourth-order valence-corrected chi connectivity index (χ4v) is 4.09. The zero-order chi connectivity index (χ0) is 23.1. The average Bonchev–Trinajstić information content (AvgIpc) is 3.25. The Balaban J connectivity index is 1.65. The van der Waals surface area contributed by atoms with Crippen LogP contribution in [0.2, 0.25) is 0 Å². The molecule has 3 aromatic rings. The second kappa shape index (κ2) is 10.8. The van der Waals surface area contributed by atoms with E-state index in [1.54, 1.807) is 26.0 Å². The Morgan fingerprint density at radius 3 is 2.56 bits per heavy atom. The Bertz CT molecular complexity index is 1100. The molecule has 0 unspecified atom stereocenters. The number of aromatic nitrogens is 1. The topological polar surface area (TPSA) is 80.8 Å². The fourth-order valence-electron chi connectivity index (χ4n) is 3.27. The Labute approximate surface area is 192 Å². The highest BCUT2D eigenvalue weighted by Crippen LogP contribution is 2.33. The summed E-state index contributed by atoms with van der Waals surface area (Å²) in [4.78, 5) is 30.6. The predicted molar refractivity (Wildman–Crippen MR) is 126 cm³/mol. The molecule has 1 aromatic heterocycles. The summed E-state index contributed by atoms with van der Waals surface area (Å²) in [6, 6.07) is 13.2. The van der Waals surface area contributed by atoms with Crippen molar-refractivity contribution in [3.63, 3.8) is 0 Å².